The second kappa shape index (κ2) is 5.57. The third kappa shape index (κ3) is 3.44. The Bertz CT molecular complexity index is 673. The molecule has 0 saturated heterocycles. The molecule has 0 aliphatic rings. The topological polar surface area (TPSA) is 34.1 Å². The molecule has 0 spiro atoms. The smallest absolute Gasteiger partial charge is 0.175 e. The number of rotatable bonds is 4. The summed E-state index contributed by atoms with van der Waals surface area (Å²) in [5, 5.41) is 0. The molecule has 0 aliphatic carbocycles. The summed E-state index contributed by atoms with van der Waals surface area (Å²) in [5.41, 5.74) is 3.29. The van der Waals surface area contributed by atoms with Crippen LogP contribution in [0.15, 0.2) is 53.4 Å². The van der Waals surface area contributed by atoms with Gasteiger partial charge in [-0.3, -0.25) is 0 Å². The Labute approximate surface area is 115 Å². The molecule has 0 heterocycles. The summed E-state index contributed by atoms with van der Waals surface area (Å²) in [6.45, 7) is 2.15. The minimum atomic E-state index is -3.15. The van der Waals surface area contributed by atoms with Gasteiger partial charge in [0.05, 0.1) is 4.90 Å². The van der Waals surface area contributed by atoms with Gasteiger partial charge in [-0.1, -0.05) is 49.7 Å². The number of sulfone groups is 1. The molecule has 0 fully saturated rings. The summed E-state index contributed by atoms with van der Waals surface area (Å²) < 4.78 is 23.2. The molecule has 0 aliphatic heterocycles. The fourth-order valence-corrected chi connectivity index (χ4v) is 2.77. The van der Waals surface area contributed by atoms with E-state index in [4.69, 9.17) is 0 Å². The van der Waals surface area contributed by atoms with Crippen molar-refractivity contribution < 1.29 is 8.42 Å². The van der Waals surface area contributed by atoms with Crippen LogP contribution in [-0.2, 0) is 16.3 Å². The van der Waals surface area contributed by atoms with Crippen LogP contribution < -0.4 is 0 Å². The van der Waals surface area contributed by atoms with Gasteiger partial charge in [-0.15, -0.1) is 0 Å². The summed E-state index contributed by atoms with van der Waals surface area (Å²) in [5.74, 6) is 0. The summed E-state index contributed by atoms with van der Waals surface area (Å²) in [6, 6.07) is 15.4. The Morgan fingerprint density at radius 3 is 2.21 bits per heavy atom. The van der Waals surface area contributed by atoms with Crippen molar-refractivity contribution in [2.24, 2.45) is 0 Å². The molecule has 0 amide bonds. The quantitative estimate of drug-likeness (QED) is 0.851. The molecule has 2 aromatic carbocycles. The van der Waals surface area contributed by atoms with Crippen LogP contribution in [0.25, 0.3) is 11.1 Å². The largest absolute Gasteiger partial charge is 0.224 e. The molecule has 2 rings (SSSR count). The van der Waals surface area contributed by atoms with E-state index >= 15 is 0 Å². The van der Waals surface area contributed by atoms with Crippen molar-refractivity contribution in [2.75, 3.05) is 6.26 Å². The zero-order chi connectivity index (χ0) is 13.9. The van der Waals surface area contributed by atoms with Crippen LogP contribution >= 0.6 is 0 Å². The number of hydrogen-bond acceptors (Lipinski definition) is 2. The SMILES string of the molecule is CCCc1cccc(-c2cccc(S(C)(=O)=O)c2)c1. The molecule has 0 aromatic heterocycles. The van der Waals surface area contributed by atoms with Crippen molar-refractivity contribution >= 4 is 9.84 Å². The zero-order valence-corrected chi connectivity index (χ0v) is 12.1. The minimum absolute atomic E-state index is 0.367. The minimum Gasteiger partial charge on any atom is -0.224 e. The average molecular weight is 274 g/mol. The van der Waals surface area contributed by atoms with Gasteiger partial charge in [0.25, 0.3) is 0 Å². The molecule has 0 bridgehead atoms. The van der Waals surface area contributed by atoms with E-state index in [1.165, 1.54) is 11.8 Å². The van der Waals surface area contributed by atoms with E-state index in [1.807, 2.05) is 18.2 Å². The van der Waals surface area contributed by atoms with E-state index in [0.717, 1.165) is 24.0 Å². The maximum atomic E-state index is 11.6. The van der Waals surface area contributed by atoms with Crippen LogP contribution in [0.4, 0.5) is 0 Å². The van der Waals surface area contributed by atoms with Crippen LogP contribution in [0.3, 0.4) is 0 Å². The summed E-state index contributed by atoms with van der Waals surface area (Å²) in [6.07, 6.45) is 3.38. The standard InChI is InChI=1S/C16H18O2S/c1-3-6-13-7-4-8-14(11-13)15-9-5-10-16(12-15)19(2,17)18/h4-5,7-12H,3,6H2,1-2H3. The lowest BCUT2D eigenvalue weighted by Gasteiger charge is -2.06. The third-order valence-electron chi connectivity index (χ3n) is 3.06. The molecule has 0 radical (unpaired) electrons. The van der Waals surface area contributed by atoms with Gasteiger partial charge in [0.15, 0.2) is 9.84 Å². The lowest BCUT2D eigenvalue weighted by molar-refractivity contribution is 0.602. The number of aryl methyl sites for hydroxylation is 1. The van der Waals surface area contributed by atoms with Gasteiger partial charge >= 0.3 is 0 Å². The van der Waals surface area contributed by atoms with Gasteiger partial charge in [0, 0.05) is 6.26 Å². The summed E-state index contributed by atoms with van der Waals surface area (Å²) >= 11 is 0. The Morgan fingerprint density at radius 1 is 0.947 bits per heavy atom. The first-order valence-electron chi connectivity index (χ1n) is 6.40. The van der Waals surface area contributed by atoms with Gasteiger partial charge in [-0.25, -0.2) is 8.42 Å². The predicted octanol–water partition coefficient (Wildman–Crippen LogP) is 3.71. The first-order valence-corrected chi connectivity index (χ1v) is 8.29. The molecular weight excluding hydrogens is 256 g/mol. The van der Waals surface area contributed by atoms with E-state index in [0.29, 0.717) is 4.90 Å². The van der Waals surface area contributed by atoms with E-state index in [2.05, 4.69) is 19.1 Å². The molecule has 3 heteroatoms. The van der Waals surface area contributed by atoms with E-state index in [-0.39, 0.29) is 0 Å². The van der Waals surface area contributed by atoms with Gasteiger partial charge < -0.3 is 0 Å². The van der Waals surface area contributed by atoms with Crippen LogP contribution in [0.1, 0.15) is 18.9 Å². The van der Waals surface area contributed by atoms with Crippen LogP contribution in [0.5, 0.6) is 0 Å². The maximum Gasteiger partial charge on any atom is 0.175 e. The first-order chi connectivity index (χ1) is 9.00. The highest BCUT2D eigenvalue weighted by atomic mass is 32.2. The van der Waals surface area contributed by atoms with Crippen molar-refractivity contribution in [1.82, 2.24) is 0 Å². The second-order valence-corrected chi connectivity index (χ2v) is 6.77. The van der Waals surface area contributed by atoms with Crippen LogP contribution in [-0.4, -0.2) is 14.7 Å². The van der Waals surface area contributed by atoms with Crippen molar-refractivity contribution in [3.05, 3.63) is 54.1 Å². The Balaban J connectivity index is 2.44. The molecular formula is C16H18O2S. The van der Waals surface area contributed by atoms with E-state index in [9.17, 15) is 8.42 Å². The van der Waals surface area contributed by atoms with Crippen molar-refractivity contribution in [3.63, 3.8) is 0 Å². The summed E-state index contributed by atoms with van der Waals surface area (Å²) in [7, 11) is -3.15. The molecule has 2 nitrogen and oxygen atoms in total. The fourth-order valence-electron chi connectivity index (χ4n) is 2.10. The highest BCUT2D eigenvalue weighted by Crippen LogP contribution is 2.23. The molecule has 0 unspecified atom stereocenters. The molecule has 100 valence electrons. The highest BCUT2D eigenvalue weighted by molar-refractivity contribution is 7.90. The van der Waals surface area contributed by atoms with Gasteiger partial charge in [-0.05, 0) is 35.2 Å². The maximum absolute atomic E-state index is 11.6. The Kier molecular flexibility index (Phi) is 4.05. The third-order valence-corrected chi connectivity index (χ3v) is 4.17. The Morgan fingerprint density at radius 2 is 1.58 bits per heavy atom. The monoisotopic (exact) mass is 274 g/mol. The van der Waals surface area contributed by atoms with Gasteiger partial charge in [0.2, 0.25) is 0 Å². The molecule has 2 aromatic rings. The van der Waals surface area contributed by atoms with E-state index in [1.54, 1.807) is 18.2 Å². The molecule has 0 saturated carbocycles. The van der Waals surface area contributed by atoms with Gasteiger partial charge in [-0.2, -0.15) is 0 Å². The number of hydrogen-bond donors (Lipinski definition) is 0. The van der Waals surface area contributed by atoms with Crippen LogP contribution in [0.2, 0.25) is 0 Å². The molecule has 19 heavy (non-hydrogen) atoms. The van der Waals surface area contributed by atoms with Crippen molar-refractivity contribution in [3.8, 4) is 11.1 Å². The van der Waals surface area contributed by atoms with E-state index < -0.39 is 9.84 Å². The fraction of sp³-hybridized carbons (Fsp3) is 0.250. The number of benzene rings is 2. The predicted molar refractivity (Wildman–Crippen MR) is 79.0 cm³/mol. The van der Waals surface area contributed by atoms with Crippen molar-refractivity contribution in [2.45, 2.75) is 24.7 Å². The molecule has 0 atom stereocenters. The van der Waals surface area contributed by atoms with Crippen LogP contribution in [0, 0.1) is 0 Å². The zero-order valence-electron chi connectivity index (χ0n) is 11.3. The lowest BCUT2D eigenvalue weighted by Crippen LogP contribution is -1.96. The average Bonchev–Trinajstić information content (AvgIpc) is 2.39. The Hall–Kier alpha value is -1.61. The summed E-state index contributed by atoms with van der Waals surface area (Å²) in [4.78, 5) is 0.367. The van der Waals surface area contributed by atoms with Gasteiger partial charge in [0.1, 0.15) is 0 Å². The highest BCUT2D eigenvalue weighted by Gasteiger charge is 2.08. The van der Waals surface area contributed by atoms with Crippen molar-refractivity contribution in [1.29, 1.82) is 0 Å². The molecule has 0 N–H and O–H groups in total. The first kappa shape index (κ1) is 13.8. The lowest BCUT2D eigenvalue weighted by atomic mass is 10.0. The second-order valence-electron chi connectivity index (χ2n) is 4.75. The normalized spacial score (nSPS) is 11.5.